The zero-order chi connectivity index (χ0) is 13.8. The van der Waals surface area contributed by atoms with Crippen LogP contribution in [0.15, 0.2) is 22.7 Å². The second-order valence-electron chi connectivity index (χ2n) is 5.24. The molecule has 2 atom stereocenters. The van der Waals surface area contributed by atoms with Crippen LogP contribution in [-0.4, -0.2) is 29.4 Å². The van der Waals surface area contributed by atoms with Crippen molar-refractivity contribution in [3.63, 3.8) is 0 Å². The van der Waals surface area contributed by atoms with Crippen LogP contribution in [0.1, 0.15) is 31.7 Å². The lowest BCUT2D eigenvalue weighted by atomic mass is 10.1. The zero-order valence-electron chi connectivity index (χ0n) is 11.5. The largest absolute Gasteiger partial charge is 0.497 e. The van der Waals surface area contributed by atoms with E-state index in [-0.39, 0.29) is 0 Å². The van der Waals surface area contributed by atoms with Crippen LogP contribution >= 0.6 is 31.9 Å². The quantitative estimate of drug-likeness (QED) is 0.681. The van der Waals surface area contributed by atoms with Crippen molar-refractivity contribution in [3.8, 4) is 5.75 Å². The van der Waals surface area contributed by atoms with E-state index in [1.165, 1.54) is 35.8 Å². The van der Waals surface area contributed by atoms with Gasteiger partial charge in [0.1, 0.15) is 5.75 Å². The van der Waals surface area contributed by atoms with Gasteiger partial charge in [0.05, 0.1) is 7.11 Å². The van der Waals surface area contributed by atoms with Gasteiger partial charge in [-0.05, 0) is 49.6 Å². The summed E-state index contributed by atoms with van der Waals surface area (Å²) in [6.07, 6.45) is 3.85. The molecule has 2 unspecified atom stereocenters. The van der Waals surface area contributed by atoms with E-state index in [0.717, 1.165) is 12.3 Å². The summed E-state index contributed by atoms with van der Waals surface area (Å²) in [7, 11) is 1.72. The number of methoxy groups -OCH3 is 1. The maximum Gasteiger partial charge on any atom is 0.119 e. The van der Waals surface area contributed by atoms with Gasteiger partial charge in [-0.2, -0.15) is 0 Å². The van der Waals surface area contributed by atoms with E-state index in [4.69, 9.17) is 4.74 Å². The number of nitrogens with zero attached hydrogens (tertiary/aromatic N) is 1. The molecule has 0 aromatic heterocycles. The van der Waals surface area contributed by atoms with Crippen LogP contribution in [0.5, 0.6) is 5.75 Å². The minimum atomic E-state index is 0.590. The highest BCUT2D eigenvalue weighted by molar-refractivity contribution is 9.10. The summed E-state index contributed by atoms with van der Waals surface area (Å²) in [6, 6.07) is 6.91. The summed E-state index contributed by atoms with van der Waals surface area (Å²) in [4.78, 5) is 3.18. The highest BCUT2D eigenvalue weighted by Crippen LogP contribution is 2.29. The van der Waals surface area contributed by atoms with Gasteiger partial charge in [-0.1, -0.05) is 38.8 Å². The third-order valence-corrected chi connectivity index (χ3v) is 4.87. The second-order valence-corrected chi connectivity index (χ2v) is 7.66. The fourth-order valence-corrected chi connectivity index (χ4v) is 3.57. The van der Waals surface area contributed by atoms with Gasteiger partial charge in [-0.25, -0.2) is 0 Å². The Morgan fingerprint density at radius 2 is 2.26 bits per heavy atom. The number of hydrogen-bond donors (Lipinski definition) is 0. The Kier molecular flexibility index (Phi) is 5.72. The van der Waals surface area contributed by atoms with Gasteiger partial charge < -0.3 is 4.74 Å². The first-order valence-corrected chi connectivity index (χ1v) is 8.51. The monoisotopic (exact) mass is 389 g/mol. The third kappa shape index (κ3) is 4.20. The summed E-state index contributed by atoms with van der Waals surface area (Å²) in [5.74, 6) is 0.933. The van der Waals surface area contributed by atoms with Crippen molar-refractivity contribution in [3.05, 3.63) is 28.2 Å². The molecule has 1 aliphatic rings. The number of ether oxygens (including phenoxy) is 1. The Bertz CT molecular complexity index is 423. The second kappa shape index (κ2) is 7.09. The maximum absolute atomic E-state index is 5.32. The van der Waals surface area contributed by atoms with Crippen molar-refractivity contribution >= 4 is 31.9 Å². The van der Waals surface area contributed by atoms with Crippen molar-refractivity contribution < 1.29 is 4.74 Å². The Hall–Kier alpha value is -0.0600. The number of halogens is 2. The first kappa shape index (κ1) is 15.3. The van der Waals surface area contributed by atoms with E-state index in [0.29, 0.717) is 10.9 Å². The molecule has 2 nitrogen and oxygen atoms in total. The van der Waals surface area contributed by atoms with E-state index in [1.807, 2.05) is 6.07 Å². The number of alkyl halides is 1. The van der Waals surface area contributed by atoms with Gasteiger partial charge in [-0.15, -0.1) is 0 Å². The first-order chi connectivity index (χ1) is 9.10. The average molecular weight is 391 g/mol. The lowest BCUT2D eigenvalue weighted by Gasteiger charge is -2.26. The van der Waals surface area contributed by atoms with Crippen molar-refractivity contribution in [2.75, 3.05) is 13.7 Å². The molecule has 0 amide bonds. The molecule has 1 saturated heterocycles. The SMILES string of the molecule is COc1ccc(Br)c(CN2CCCC2CC(C)Br)c1. The molecule has 0 spiro atoms. The Labute approximate surface area is 132 Å². The molecule has 0 aliphatic carbocycles. The Morgan fingerprint density at radius 3 is 2.95 bits per heavy atom. The lowest BCUT2D eigenvalue weighted by Crippen LogP contribution is -2.30. The van der Waals surface area contributed by atoms with Crippen LogP contribution in [-0.2, 0) is 6.54 Å². The van der Waals surface area contributed by atoms with Gasteiger partial charge >= 0.3 is 0 Å². The molecule has 1 aliphatic heterocycles. The molecular formula is C15H21Br2NO. The van der Waals surface area contributed by atoms with Gasteiger partial charge in [0.25, 0.3) is 0 Å². The van der Waals surface area contributed by atoms with Crippen LogP contribution in [0, 0.1) is 0 Å². The predicted molar refractivity (Wildman–Crippen MR) is 87.1 cm³/mol. The third-order valence-electron chi connectivity index (χ3n) is 3.72. The van der Waals surface area contributed by atoms with E-state index < -0.39 is 0 Å². The van der Waals surface area contributed by atoms with Gasteiger partial charge in [0.15, 0.2) is 0 Å². The smallest absolute Gasteiger partial charge is 0.119 e. The minimum absolute atomic E-state index is 0.590. The molecule has 0 bridgehead atoms. The molecule has 1 aromatic rings. The van der Waals surface area contributed by atoms with Crippen molar-refractivity contribution in [2.45, 2.75) is 43.6 Å². The number of likely N-dealkylation sites (tertiary alicyclic amines) is 1. The van der Waals surface area contributed by atoms with Crippen LogP contribution < -0.4 is 4.74 Å². The van der Waals surface area contributed by atoms with Gasteiger partial charge in [0.2, 0.25) is 0 Å². The summed E-state index contributed by atoms with van der Waals surface area (Å²) in [6.45, 7) is 4.44. The molecule has 19 heavy (non-hydrogen) atoms. The molecule has 1 heterocycles. The van der Waals surface area contributed by atoms with Crippen LogP contribution in [0.3, 0.4) is 0 Å². The molecular weight excluding hydrogens is 370 g/mol. The predicted octanol–water partition coefficient (Wildman–Crippen LogP) is 4.60. The van der Waals surface area contributed by atoms with Crippen molar-refractivity contribution in [1.82, 2.24) is 4.90 Å². The Balaban J connectivity index is 2.07. The maximum atomic E-state index is 5.32. The molecule has 0 N–H and O–H groups in total. The molecule has 4 heteroatoms. The van der Waals surface area contributed by atoms with Gasteiger partial charge in [0, 0.05) is 21.9 Å². The fraction of sp³-hybridized carbons (Fsp3) is 0.600. The van der Waals surface area contributed by atoms with Gasteiger partial charge in [-0.3, -0.25) is 4.90 Å². The lowest BCUT2D eigenvalue weighted by molar-refractivity contribution is 0.235. The number of rotatable bonds is 5. The molecule has 0 radical (unpaired) electrons. The minimum Gasteiger partial charge on any atom is -0.497 e. The summed E-state index contributed by atoms with van der Waals surface area (Å²) in [5.41, 5.74) is 1.31. The van der Waals surface area contributed by atoms with E-state index >= 15 is 0 Å². The van der Waals surface area contributed by atoms with Crippen LogP contribution in [0.2, 0.25) is 0 Å². The summed E-state index contributed by atoms with van der Waals surface area (Å²) >= 11 is 7.32. The highest BCUT2D eigenvalue weighted by atomic mass is 79.9. The normalized spacial score (nSPS) is 21.6. The molecule has 2 rings (SSSR count). The molecule has 0 saturated carbocycles. The van der Waals surface area contributed by atoms with E-state index in [1.54, 1.807) is 7.11 Å². The standard InChI is InChI=1S/C15H21Br2NO/c1-11(16)8-13-4-3-7-18(13)10-12-9-14(19-2)5-6-15(12)17/h5-6,9,11,13H,3-4,7-8,10H2,1-2H3. The molecule has 1 fully saturated rings. The zero-order valence-corrected chi connectivity index (χ0v) is 14.7. The topological polar surface area (TPSA) is 12.5 Å². The fourth-order valence-electron chi connectivity index (χ4n) is 2.76. The summed E-state index contributed by atoms with van der Waals surface area (Å²) in [5, 5.41) is 0. The highest BCUT2D eigenvalue weighted by Gasteiger charge is 2.25. The van der Waals surface area contributed by atoms with Crippen molar-refractivity contribution in [2.24, 2.45) is 0 Å². The van der Waals surface area contributed by atoms with E-state index in [9.17, 15) is 0 Å². The number of benzene rings is 1. The number of hydrogen-bond acceptors (Lipinski definition) is 2. The summed E-state index contributed by atoms with van der Waals surface area (Å²) < 4.78 is 6.49. The molecule has 1 aromatic carbocycles. The molecule has 106 valence electrons. The van der Waals surface area contributed by atoms with Crippen LogP contribution in [0.25, 0.3) is 0 Å². The van der Waals surface area contributed by atoms with Crippen molar-refractivity contribution in [1.29, 1.82) is 0 Å². The first-order valence-electron chi connectivity index (χ1n) is 6.80. The van der Waals surface area contributed by atoms with E-state index in [2.05, 4.69) is 55.8 Å². The average Bonchev–Trinajstić information content (AvgIpc) is 2.78. The Morgan fingerprint density at radius 1 is 1.47 bits per heavy atom. The van der Waals surface area contributed by atoms with Crippen LogP contribution in [0.4, 0.5) is 0 Å².